The van der Waals surface area contributed by atoms with Crippen molar-refractivity contribution in [3.05, 3.63) is 70.1 Å². The number of rotatable bonds is 5. The molecular weight excluding hydrogens is 538 g/mol. The van der Waals surface area contributed by atoms with Crippen LogP contribution in [0.25, 0.3) is 0 Å². The Morgan fingerprint density at radius 3 is 2.10 bits per heavy atom. The van der Waals surface area contributed by atoms with Crippen LogP contribution < -0.4 is 21.0 Å². The fraction of sp³-hybridized carbons (Fsp3) is 0.581. The Hall–Kier alpha value is -3.57. The van der Waals surface area contributed by atoms with E-state index in [1.54, 1.807) is 15.9 Å². The third kappa shape index (κ3) is 11.0. The zero-order valence-electron chi connectivity index (χ0n) is 25.9. The molecule has 0 aliphatic carbocycles. The SMILES string of the molecule is CC(C)(C)OC(=O)N1CCNCCN(C(=O)OC(C)(C)C)C(Cc2cccc(=O)n2OCc2ccccc2)CNCC1. The molecule has 2 aromatic rings. The van der Waals surface area contributed by atoms with Gasteiger partial charge in [0.25, 0.3) is 5.56 Å². The number of nitrogens with zero attached hydrogens (tertiary/aromatic N) is 3. The summed E-state index contributed by atoms with van der Waals surface area (Å²) in [5, 5.41) is 6.76. The molecule has 11 nitrogen and oxygen atoms in total. The van der Waals surface area contributed by atoms with Gasteiger partial charge in [0, 0.05) is 58.3 Å². The lowest BCUT2D eigenvalue weighted by Gasteiger charge is -2.35. The van der Waals surface area contributed by atoms with Crippen LogP contribution in [-0.2, 0) is 22.5 Å². The molecule has 1 aromatic carbocycles. The highest BCUT2D eigenvalue weighted by atomic mass is 16.7. The second-order valence-corrected chi connectivity index (χ2v) is 12.4. The standard InChI is InChI=1S/C31H47N5O6/c1-30(2,3)41-28(38)34-18-15-32-17-20-35(29(39)42-31(4,5)6)26(22-33-16-19-34)21-25-13-10-14-27(37)36(25)40-23-24-11-8-7-9-12-24/h7-14,26,32-33H,15-23H2,1-6H3. The van der Waals surface area contributed by atoms with E-state index in [0.717, 1.165) is 5.56 Å². The minimum atomic E-state index is -0.673. The predicted molar refractivity (Wildman–Crippen MR) is 161 cm³/mol. The van der Waals surface area contributed by atoms with Crippen molar-refractivity contribution in [2.24, 2.45) is 0 Å². The first-order valence-electron chi connectivity index (χ1n) is 14.6. The van der Waals surface area contributed by atoms with Crippen LogP contribution in [-0.4, -0.2) is 89.8 Å². The van der Waals surface area contributed by atoms with Crippen LogP contribution in [0.2, 0.25) is 0 Å². The van der Waals surface area contributed by atoms with Gasteiger partial charge in [-0.05, 0) is 53.2 Å². The summed E-state index contributed by atoms with van der Waals surface area (Å²) in [5.74, 6) is 0. The van der Waals surface area contributed by atoms with E-state index in [1.165, 1.54) is 10.8 Å². The van der Waals surface area contributed by atoms with E-state index in [4.69, 9.17) is 14.3 Å². The van der Waals surface area contributed by atoms with E-state index < -0.39 is 17.3 Å². The highest BCUT2D eigenvalue weighted by Gasteiger charge is 2.30. The zero-order valence-corrected chi connectivity index (χ0v) is 25.9. The number of benzene rings is 1. The van der Waals surface area contributed by atoms with Crippen molar-refractivity contribution in [2.75, 3.05) is 45.8 Å². The molecule has 11 heteroatoms. The van der Waals surface area contributed by atoms with Gasteiger partial charge in [0.05, 0.1) is 11.7 Å². The molecule has 2 amide bonds. The fourth-order valence-electron chi connectivity index (χ4n) is 4.45. The third-order valence-corrected chi connectivity index (χ3v) is 6.38. The van der Waals surface area contributed by atoms with Crippen molar-refractivity contribution >= 4 is 12.2 Å². The van der Waals surface area contributed by atoms with Gasteiger partial charge in [0.15, 0.2) is 0 Å². The van der Waals surface area contributed by atoms with Gasteiger partial charge in [-0.2, -0.15) is 0 Å². The lowest BCUT2D eigenvalue weighted by atomic mass is 10.1. The number of pyridine rings is 1. The van der Waals surface area contributed by atoms with Crippen LogP contribution in [0.5, 0.6) is 0 Å². The van der Waals surface area contributed by atoms with E-state index in [0.29, 0.717) is 57.9 Å². The molecule has 1 atom stereocenters. The van der Waals surface area contributed by atoms with Crippen LogP contribution in [0.15, 0.2) is 53.3 Å². The van der Waals surface area contributed by atoms with E-state index >= 15 is 0 Å². The van der Waals surface area contributed by atoms with E-state index in [-0.39, 0.29) is 24.3 Å². The largest absolute Gasteiger partial charge is 0.444 e. The summed E-state index contributed by atoms with van der Waals surface area (Å²) in [6.45, 7) is 14.5. The molecule has 42 heavy (non-hydrogen) atoms. The van der Waals surface area contributed by atoms with Crippen molar-refractivity contribution in [1.82, 2.24) is 25.2 Å². The van der Waals surface area contributed by atoms with Crippen LogP contribution in [0.3, 0.4) is 0 Å². The Labute approximate surface area is 249 Å². The Balaban J connectivity index is 1.83. The Morgan fingerprint density at radius 2 is 1.43 bits per heavy atom. The molecule has 0 bridgehead atoms. The summed E-state index contributed by atoms with van der Waals surface area (Å²) >= 11 is 0. The first-order chi connectivity index (χ1) is 19.8. The van der Waals surface area contributed by atoms with Crippen molar-refractivity contribution < 1.29 is 23.9 Å². The summed E-state index contributed by atoms with van der Waals surface area (Å²) in [6, 6.07) is 14.2. The first-order valence-corrected chi connectivity index (χ1v) is 14.6. The number of aromatic nitrogens is 1. The molecule has 0 radical (unpaired) electrons. The topological polar surface area (TPSA) is 114 Å². The van der Waals surface area contributed by atoms with Gasteiger partial charge in [-0.1, -0.05) is 36.4 Å². The number of amides is 2. The molecule has 232 valence electrons. The van der Waals surface area contributed by atoms with Gasteiger partial charge in [-0.3, -0.25) is 4.79 Å². The fourth-order valence-corrected chi connectivity index (χ4v) is 4.45. The molecule has 1 aromatic heterocycles. The quantitative estimate of drug-likeness (QED) is 0.551. The van der Waals surface area contributed by atoms with Crippen LogP contribution >= 0.6 is 0 Å². The number of carbonyl (C=O) groups excluding carboxylic acids is 2. The predicted octanol–water partition coefficient (Wildman–Crippen LogP) is 3.06. The average Bonchev–Trinajstić information content (AvgIpc) is 2.88. The Morgan fingerprint density at radius 1 is 0.810 bits per heavy atom. The van der Waals surface area contributed by atoms with E-state index in [2.05, 4.69) is 10.6 Å². The van der Waals surface area contributed by atoms with Crippen molar-refractivity contribution in [3.63, 3.8) is 0 Å². The number of hydrogen-bond donors (Lipinski definition) is 2. The highest BCUT2D eigenvalue weighted by molar-refractivity contribution is 5.69. The molecule has 1 aliphatic heterocycles. The maximum Gasteiger partial charge on any atom is 0.410 e. The minimum absolute atomic E-state index is 0.223. The van der Waals surface area contributed by atoms with Gasteiger partial charge in [0.1, 0.15) is 17.8 Å². The Kier molecular flexibility index (Phi) is 11.8. The lowest BCUT2D eigenvalue weighted by Crippen LogP contribution is -2.53. The normalized spacial score (nSPS) is 17.5. The second-order valence-electron chi connectivity index (χ2n) is 12.4. The molecule has 2 N–H and O–H groups in total. The minimum Gasteiger partial charge on any atom is -0.444 e. The molecule has 0 saturated carbocycles. The number of ether oxygens (including phenoxy) is 2. The summed E-state index contributed by atoms with van der Waals surface area (Å²) in [7, 11) is 0. The van der Waals surface area contributed by atoms with Gasteiger partial charge in [0.2, 0.25) is 0 Å². The maximum atomic E-state index is 13.4. The molecule has 0 spiro atoms. The van der Waals surface area contributed by atoms with Gasteiger partial charge in [-0.25, -0.2) is 9.59 Å². The number of nitrogens with one attached hydrogen (secondary N) is 2. The molecule has 1 unspecified atom stereocenters. The molecular formula is C31H47N5O6. The monoisotopic (exact) mass is 585 g/mol. The molecule has 1 saturated heterocycles. The molecule has 2 heterocycles. The van der Waals surface area contributed by atoms with Crippen LogP contribution in [0.4, 0.5) is 9.59 Å². The zero-order chi connectivity index (χ0) is 30.8. The van der Waals surface area contributed by atoms with Gasteiger partial charge in [-0.15, -0.1) is 4.73 Å². The van der Waals surface area contributed by atoms with Crippen LogP contribution in [0, 0.1) is 0 Å². The molecule has 1 aliphatic rings. The summed E-state index contributed by atoms with van der Waals surface area (Å²) in [5.41, 5.74) is 0.0164. The average molecular weight is 586 g/mol. The van der Waals surface area contributed by atoms with Crippen molar-refractivity contribution in [1.29, 1.82) is 0 Å². The molecule has 1 fully saturated rings. The first kappa shape index (κ1) is 32.9. The second kappa shape index (κ2) is 15.1. The van der Waals surface area contributed by atoms with Gasteiger partial charge >= 0.3 is 12.2 Å². The molecule has 3 rings (SSSR count). The number of hydrogen-bond acceptors (Lipinski definition) is 8. The lowest BCUT2D eigenvalue weighted by molar-refractivity contribution is 0.0145. The van der Waals surface area contributed by atoms with E-state index in [9.17, 15) is 14.4 Å². The Bertz CT molecular complexity index is 1200. The van der Waals surface area contributed by atoms with Crippen molar-refractivity contribution in [2.45, 2.75) is 71.8 Å². The van der Waals surface area contributed by atoms with E-state index in [1.807, 2.05) is 77.9 Å². The number of carbonyl (C=O) groups is 2. The highest BCUT2D eigenvalue weighted by Crippen LogP contribution is 2.15. The summed E-state index contributed by atoms with van der Waals surface area (Å²) in [4.78, 5) is 48.4. The third-order valence-electron chi connectivity index (χ3n) is 6.38. The smallest absolute Gasteiger partial charge is 0.410 e. The van der Waals surface area contributed by atoms with Crippen LogP contribution in [0.1, 0.15) is 52.8 Å². The van der Waals surface area contributed by atoms with Gasteiger partial charge < -0.3 is 34.7 Å². The van der Waals surface area contributed by atoms with Crippen molar-refractivity contribution in [3.8, 4) is 0 Å². The maximum absolute atomic E-state index is 13.4. The summed E-state index contributed by atoms with van der Waals surface area (Å²) in [6.07, 6.45) is -0.454. The summed E-state index contributed by atoms with van der Waals surface area (Å²) < 4.78 is 12.7.